The number of aryl methyl sites for hydroxylation is 1. The van der Waals surface area contributed by atoms with E-state index >= 15 is 0 Å². The van der Waals surface area contributed by atoms with E-state index in [1.807, 2.05) is 31.2 Å². The fraction of sp³-hybridized carbons (Fsp3) is 0.259. The summed E-state index contributed by atoms with van der Waals surface area (Å²) in [5.41, 5.74) is 3.05. The first-order valence-electron chi connectivity index (χ1n) is 10.8. The molecule has 0 aliphatic carbocycles. The van der Waals surface area contributed by atoms with E-state index in [2.05, 4.69) is 5.32 Å². The molecule has 1 amide bonds. The Balaban J connectivity index is 1.74. The lowest BCUT2D eigenvalue weighted by molar-refractivity contribution is -0.122. The second-order valence-corrected chi connectivity index (χ2v) is 8.27. The fourth-order valence-electron chi connectivity index (χ4n) is 3.63. The summed E-state index contributed by atoms with van der Waals surface area (Å²) < 4.78 is 26.5. The Morgan fingerprint density at radius 2 is 1.33 bits per heavy atom. The molecule has 0 saturated carbocycles. The van der Waals surface area contributed by atoms with Crippen LogP contribution in [0.15, 0.2) is 72.8 Å². The summed E-state index contributed by atoms with van der Waals surface area (Å²) in [4.78, 5) is 25.9. The molecular formula is C27H27F2NO3. The number of Topliss-reactive ketones (excluding diaryl/α,β-unsaturated/α-hetero) is 1. The van der Waals surface area contributed by atoms with Crippen LogP contribution in [0.5, 0.6) is 0 Å². The first kappa shape index (κ1) is 24.3. The van der Waals surface area contributed by atoms with Crippen molar-refractivity contribution in [2.75, 3.05) is 6.61 Å². The molecule has 0 heterocycles. The van der Waals surface area contributed by atoms with Gasteiger partial charge in [0.25, 0.3) is 5.91 Å². The van der Waals surface area contributed by atoms with Crippen molar-refractivity contribution in [3.63, 3.8) is 0 Å². The predicted molar refractivity (Wildman–Crippen MR) is 123 cm³/mol. The number of halogens is 2. The van der Waals surface area contributed by atoms with Gasteiger partial charge in [-0.05, 0) is 73.2 Å². The molecule has 0 aliphatic rings. The van der Waals surface area contributed by atoms with Crippen molar-refractivity contribution in [3.8, 4) is 0 Å². The molecule has 4 nitrogen and oxygen atoms in total. The maximum absolute atomic E-state index is 13.3. The molecule has 3 aromatic carbocycles. The number of carbonyl (C=O) groups is 2. The smallest absolute Gasteiger partial charge is 0.251 e. The zero-order chi connectivity index (χ0) is 23.8. The van der Waals surface area contributed by atoms with Gasteiger partial charge in [0.15, 0.2) is 5.78 Å². The molecule has 3 rings (SSSR count). The summed E-state index contributed by atoms with van der Waals surface area (Å²) in [6.45, 7) is 1.81. The molecule has 2 N–H and O–H groups in total. The van der Waals surface area contributed by atoms with Gasteiger partial charge in [-0.15, -0.1) is 0 Å². The molecule has 2 atom stereocenters. The van der Waals surface area contributed by atoms with E-state index < -0.39 is 23.6 Å². The van der Waals surface area contributed by atoms with Gasteiger partial charge < -0.3 is 10.4 Å². The molecule has 0 radical (unpaired) electrons. The third-order valence-electron chi connectivity index (χ3n) is 5.55. The Kier molecular flexibility index (Phi) is 8.44. The van der Waals surface area contributed by atoms with Crippen molar-refractivity contribution in [2.24, 2.45) is 5.92 Å². The zero-order valence-electron chi connectivity index (χ0n) is 18.4. The Morgan fingerprint density at radius 1 is 0.818 bits per heavy atom. The number of ketones is 1. The van der Waals surface area contributed by atoms with Crippen molar-refractivity contribution in [1.29, 1.82) is 0 Å². The SMILES string of the molecule is Cc1ccc(C[C@@H](CO)CC(=O)[C@H](Cc2ccc(F)cc2)NC(=O)c2ccc(F)cc2)cc1. The quantitative estimate of drug-likeness (QED) is 0.479. The van der Waals surface area contributed by atoms with E-state index in [1.54, 1.807) is 12.1 Å². The molecule has 0 aromatic heterocycles. The number of hydrogen-bond acceptors (Lipinski definition) is 3. The second-order valence-electron chi connectivity index (χ2n) is 8.27. The molecule has 33 heavy (non-hydrogen) atoms. The average molecular weight is 452 g/mol. The second kappa shape index (κ2) is 11.5. The summed E-state index contributed by atoms with van der Waals surface area (Å²) in [6.07, 6.45) is 0.770. The van der Waals surface area contributed by atoms with E-state index in [0.717, 1.165) is 11.1 Å². The summed E-state index contributed by atoms with van der Waals surface area (Å²) in [5.74, 6) is -1.91. The number of benzene rings is 3. The van der Waals surface area contributed by atoms with Crippen LogP contribution in [0.3, 0.4) is 0 Å². The van der Waals surface area contributed by atoms with Gasteiger partial charge in [0.1, 0.15) is 11.6 Å². The Hall–Kier alpha value is -3.38. The van der Waals surface area contributed by atoms with Crippen molar-refractivity contribution in [3.05, 3.63) is 107 Å². The summed E-state index contributed by atoms with van der Waals surface area (Å²) >= 11 is 0. The first-order chi connectivity index (χ1) is 15.8. The third-order valence-corrected chi connectivity index (χ3v) is 5.55. The van der Waals surface area contributed by atoms with Crippen LogP contribution in [0, 0.1) is 24.5 Å². The van der Waals surface area contributed by atoms with Crippen LogP contribution in [0.1, 0.15) is 33.5 Å². The van der Waals surface area contributed by atoms with E-state index in [-0.39, 0.29) is 36.7 Å². The number of aliphatic hydroxyl groups excluding tert-OH is 1. The lowest BCUT2D eigenvalue weighted by Gasteiger charge is -2.21. The van der Waals surface area contributed by atoms with Crippen LogP contribution in [0.25, 0.3) is 0 Å². The molecule has 6 heteroatoms. The number of carbonyl (C=O) groups excluding carboxylic acids is 2. The maximum atomic E-state index is 13.3. The van der Waals surface area contributed by atoms with Gasteiger partial charge in [0, 0.05) is 18.6 Å². The highest BCUT2D eigenvalue weighted by molar-refractivity contribution is 5.98. The van der Waals surface area contributed by atoms with Gasteiger partial charge in [-0.2, -0.15) is 0 Å². The first-order valence-corrected chi connectivity index (χ1v) is 10.8. The van der Waals surface area contributed by atoms with Gasteiger partial charge >= 0.3 is 0 Å². The number of rotatable bonds is 10. The Labute approximate surface area is 192 Å². The van der Waals surface area contributed by atoms with Gasteiger partial charge in [0.05, 0.1) is 6.04 Å². The Morgan fingerprint density at radius 3 is 1.91 bits per heavy atom. The molecule has 3 aromatic rings. The number of amides is 1. The van der Waals surface area contributed by atoms with Crippen LogP contribution < -0.4 is 5.32 Å². The molecule has 0 aliphatic heterocycles. The van der Waals surface area contributed by atoms with Gasteiger partial charge in [-0.1, -0.05) is 42.0 Å². The normalized spacial score (nSPS) is 12.7. The Bertz CT molecular complexity index is 1060. The minimum absolute atomic E-state index is 0.0694. The fourth-order valence-corrected chi connectivity index (χ4v) is 3.63. The van der Waals surface area contributed by atoms with Crippen molar-refractivity contribution in [1.82, 2.24) is 5.32 Å². The number of aliphatic hydroxyl groups is 1. The molecule has 0 fully saturated rings. The maximum Gasteiger partial charge on any atom is 0.251 e. The minimum atomic E-state index is -0.875. The van der Waals surface area contributed by atoms with Crippen LogP contribution in [0.2, 0.25) is 0 Å². The van der Waals surface area contributed by atoms with Gasteiger partial charge in [-0.3, -0.25) is 9.59 Å². The topological polar surface area (TPSA) is 66.4 Å². The molecule has 0 spiro atoms. The highest BCUT2D eigenvalue weighted by Crippen LogP contribution is 2.17. The van der Waals surface area contributed by atoms with Crippen molar-refractivity contribution >= 4 is 11.7 Å². The highest BCUT2D eigenvalue weighted by Gasteiger charge is 2.25. The van der Waals surface area contributed by atoms with Crippen LogP contribution in [0.4, 0.5) is 8.78 Å². The average Bonchev–Trinajstić information content (AvgIpc) is 2.81. The molecule has 0 bridgehead atoms. The van der Waals surface area contributed by atoms with E-state index in [1.165, 1.54) is 36.4 Å². The monoisotopic (exact) mass is 451 g/mol. The molecule has 0 saturated heterocycles. The van der Waals surface area contributed by atoms with E-state index in [0.29, 0.717) is 12.0 Å². The lowest BCUT2D eigenvalue weighted by Crippen LogP contribution is -2.43. The highest BCUT2D eigenvalue weighted by atomic mass is 19.1. The molecular weight excluding hydrogens is 424 g/mol. The summed E-state index contributed by atoms with van der Waals surface area (Å²) in [5, 5.41) is 12.6. The lowest BCUT2D eigenvalue weighted by atomic mass is 9.90. The van der Waals surface area contributed by atoms with Crippen LogP contribution in [-0.4, -0.2) is 29.4 Å². The van der Waals surface area contributed by atoms with Gasteiger partial charge in [0.2, 0.25) is 0 Å². The van der Waals surface area contributed by atoms with Crippen molar-refractivity contribution < 1.29 is 23.5 Å². The third kappa shape index (κ3) is 7.32. The largest absolute Gasteiger partial charge is 0.396 e. The number of nitrogens with one attached hydrogen (secondary N) is 1. The zero-order valence-corrected chi connectivity index (χ0v) is 18.4. The van der Waals surface area contributed by atoms with Crippen LogP contribution >= 0.6 is 0 Å². The minimum Gasteiger partial charge on any atom is -0.396 e. The summed E-state index contributed by atoms with van der Waals surface area (Å²) in [7, 11) is 0. The van der Waals surface area contributed by atoms with Crippen molar-refractivity contribution in [2.45, 2.75) is 32.2 Å². The standard InChI is InChI=1S/C27H27F2NO3/c1-18-2-4-19(5-3-18)14-21(17-31)16-26(32)25(15-20-6-10-23(28)11-7-20)30-27(33)22-8-12-24(29)13-9-22/h2-13,21,25,31H,14-17H2,1H3,(H,30,33)/t21-,25+/m1/s1. The van der Waals surface area contributed by atoms with Crippen LogP contribution in [-0.2, 0) is 17.6 Å². The number of hydrogen-bond donors (Lipinski definition) is 2. The predicted octanol–water partition coefficient (Wildman–Crippen LogP) is 4.42. The van der Waals surface area contributed by atoms with Gasteiger partial charge in [-0.25, -0.2) is 8.78 Å². The van der Waals surface area contributed by atoms with E-state index in [9.17, 15) is 23.5 Å². The van der Waals surface area contributed by atoms with E-state index in [4.69, 9.17) is 0 Å². The molecule has 172 valence electrons. The summed E-state index contributed by atoms with van der Waals surface area (Å²) in [6, 6.07) is 17.8. The molecule has 0 unspecified atom stereocenters.